The van der Waals surface area contributed by atoms with Crippen LogP contribution in [0.25, 0.3) is 0 Å². The predicted octanol–water partition coefficient (Wildman–Crippen LogP) is 1.63. The first-order valence-electron chi connectivity index (χ1n) is 4.29. The summed E-state index contributed by atoms with van der Waals surface area (Å²) in [5, 5.41) is 8.60. The first kappa shape index (κ1) is 9.05. The largest absolute Gasteiger partial charge is 0.463 e. The molecule has 0 N–H and O–H groups in total. The lowest BCUT2D eigenvalue weighted by atomic mass is 9.88. The number of hydrogen-bond acceptors (Lipinski definition) is 3. The average Bonchev–Trinajstić information content (AvgIpc) is 2.05. The smallest absolute Gasteiger partial charge is 0.302 e. The van der Waals surface area contributed by atoms with Gasteiger partial charge in [0.05, 0.1) is 6.07 Å². The quantitative estimate of drug-likeness (QED) is 0.558. The van der Waals surface area contributed by atoms with Gasteiger partial charge in [-0.3, -0.25) is 4.79 Å². The molecule has 1 fully saturated rings. The Morgan fingerprint density at radius 2 is 2.00 bits per heavy atom. The van der Waals surface area contributed by atoms with Crippen molar-refractivity contribution in [1.82, 2.24) is 0 Å². The highest BCUT2D eigenvalue weighted by Gasteiger charge is 2.22. The van der Waals surface area contributed by atoms with Crippen molar-refractivity contribution in [3.63, 3.8) is 0 Å². The van der Waals surface area contributed by atoms with Crippen LogP contribution in [0.4, 0.5) is 0 Å². The van der Waals surface area contributed by atoms with Crippen molar-refractivity contribution in [1.29, 1.82) is 5.26 Å². The predicted molar refractivity (Wildman–Crippen MR) is 43.1 cm³/mol. The third-order valence-corrected chi connectivity index (χ3v) is 2.19. The maximum atomic E-state index is 10.6. The zero-order chi connectivity index (χ0) is 8.97. The van der Waals surface area contributed by atoms with Gasteiger partial charge in [-0.1, -0.05) is 0 Å². The van der Waals surface area contributed by atoms with Crippen LogP contribution in [0.15, 0.2) is 0 Å². The van der Waals surface area contributed by atoms with E-state index >= 15 is 0 Å². The van der Waals surface area contributed by atoms with Crippen LogP contribution in [-0.2, 0) is 9.53 Å². The number of nitrogens with zero attached hydrogens (tertiary/aromatic N) is 1. The third kappa shape index (κ3) is 2.54. The van der Waals surface area contributed by atoms with E-state index in [9.17, 15) is 4.79 Å². The van der Waals surface area contributed by atoms with Gasteiger partial charge in [-0.05, 0) is 25.7 Å². The molecule has 0 heterocycles. The van der Waals surface area contributed by atoms with Gasteiger partial charge in [0.15, 0.2) is 0 Å². The van der Waals surface area contributed by atoms with E-state index in [1.165, 1.54) is 6.92 Å². The minimum absolute atomic E-state index is 0.0621. The molecule has 0 aromatic carbocycles. The van der Waals surface area contributed by atoms with E-state index in [0.29, 0.717) is 0 Å². The summed E-state index contributed by atoms with van der Waals surface area (Å²) in [6.07, 6.45) is 3.49. The Morgan fingerprint density at radius 3 is 2.42 bits per heavy atom. The van der Waals surface area contributed by atoms with Crippen LogP contribution < -0.4 is 0 Å². The van der Waals surface area contributed by atoms with Gasteiger partial charge in [0.25, 0.3) is 0 Å². The summed E-state index contributed by atoms with van der Waals surface area (Å²) in [6, 6.07) is 2.24. The molecule has 0 radical (unpaired) electrons. The molecule has 1 aliphatic rings. The van der Waals surface area contributed by atoms with E-state index in [2.05, 4.69) is 6.07 Å². The van der Waals surface area contributed by atoms with Gasteiger partial charge in [0.1, 0.15) is 6.10 Å². The molecule has 0 atom stereocenters. The molecule has 0 bridgehead atoms. The van der Waals surface area contributed by atoms with Crippen LogP contribution >= 0.6 is 0 Å². The average molecular weight is 167 g/mol. The molecule has 1 saturated carbocycles. The normalized spacial score (nSPS) is 29.0. The minimum atomic E-state index is -0.213. The standard InChI is InChI=1S/C9H13NO2/c1-7(11)12-9-4-2-8(6-10)3-5-9/h8-9H,2-5H2,1H3. The molecule has 0 aromatic rings. The number of carbonyl (C=O) groups is 1. The molecule has 0 spiro atoms. The molecule has 12 heavy (non-hydrogen) atoms. The zero-order valence-electron chi connectivity index (χ0n) is 7.25. The van der Waals surface area contributed by atoms with Crippen molar-refractivity contribution >= 4 is 5.97 Å². The lowest BCUT2D eigenvalue weighted by Gasteiger charge is -2.23. The Morgan fingerprint density at radius 1 is 1.42 bits per heavy atom. The van der Waals surface area contributed by atoms with Gasteiger partial charge in [-0.15, -0.1) is 0 Å². The highest BCUT2D eigenvalue weighted by Crippen LogP contribution is 2.25. The third-order valence-electron chi connectivity index (χ3n) is 2.19. The van der Waals surface area contributed by atoms with Crippen molar-refractivity contribution in [2.24, 2.45) is 5.92 Å². The van der Waals surface area contributed by atoms with E-state index in [-0.39, 0.29) is 18.0 Å². The van der Waals surface area contributed by atoms with Crippen LogP contribution in [0.5, 0.6) is 0 Å². The number of nitriles is 1. The number of hydrogen-bond donors (Lipinski definition) is 0. The van der Waals surface area contributed by atoms with Gasteiger partial charge in [-0.25, -0.2) is 0 Å². The maximum absolute atomic E-state index is 10.6. The highest BCUT2D eigenvalue weighted by molar-refractivity contribution is 5.66. The summed E-state index contributed by atoms with van der Waals surface area (Å²) >= 11 is 0. The van der Waals surface area contributed by atoms with Crippen molar-refractivity contribution < 1.29 is 9.53 Å². The molecular formula is C9H13NO2. The first-order chi connectivity index (χ1) is 5.72. The van der Waals surface area contributed by atoms with Crippen LogP contribution in [0.2, 0.25) is 0 Å². The molecule has 3 heteroatoms. The number of esters is 1. The van der Waals surface area contributed by atoms with Crippen molar-refractivity contribution in [2.75, 3.05) is 0 Å². The topological polar surface area (TPSA) is 50.1 Å². The summed E-state index contributed by atoms with van der Waals surface area (Å²) in [4.78, 5) is 10.6. The summed E-state index contributed by atoms with van der Waals surface area (Å²) in [5.41, 5.74) is 0. The van der Waals surface area contributed by atoms with Gasteiger partial charge in [-0.2, -0.15) is 5.26 Å². The van der Waals surface area contributed by atoms with Gasteiger partial charge < -0.3 is 4.74 Å². The number of carbonyl (C=O) groups excluding carboxylic acids is 1. The molecule has 1 aliphatic carbocycles. The summed E-state index contributed by atoms with van der Waals surface area (Å²) in [5.74, 6) is -0.0350. The molecule has 0 amide bonds. The molecule has 0 saturated heterocycles. The van der Waals surface area contributed by atoms with Crippen molar-refractivity contribution in [3.8, 4) is 6.07 Å². The van der Waals surface area contributed by atoms with Crippen molar-refractivity contribution in [2.45, 2.75) is 38.7 Å². The van der Waals surface area contributed by atoms with E-state index in [1.807, 2.05) is 0 Å². The fourth-order valence-corrected chi connectivity index (χ4v) is 1.54. The lowest BCUT2D eigenvalue weighted by Crippen LogP contribution is -2.22. The first-order valence-corrected chi connectivity index (χ1v) is 4.29. The number of rotatable bonds is 1. The lowest BCUT2D eigenvalue weighted by molar-refractivity contribution is -0.147. The summed E-state index contributed by atoms with van der Waals surface area (Å²) < 4.78 is 5.04. The highest BCUT2D eigenvalue weighted by atomic mass is 16.5. The van der Waals surface area contributed by atoms with Gasteiger partial charge in [0, 0.05) is 12.8 Å². The summed E-state index contributed by atoms with van der Waals surface area (Å²) in [7, 11) is 0. The Kier molecular flexibility index (Phi) is 3.09. The Labute approximate surface area is 72.3 Å². The Hall–Kier alpha value is -1.04. The minimum Gasteiger partial charge on any atom is -0.463 e. The second kappa shape index (κ2) is 4.10. The zero-order valence-corrected chi connectivity index (χ0v) is 7.25. The van der Waals surface area contributed by atoms with E-state index in [1.54, 1.807) is 0 Å². The molecule has 0 unspecified atom stereocenters. The molecule has 3 nitrogen and oxygen atoms in total. The van der Waals surface area contributed by atoms with Gasteiger partial charge in [0.2, 0.25) is 0 Å². The van der Waals surface area contributed by atoms with E-state index < -0.39 is 0 Å². The molecule has 1 rings (SSSR count). The number of ether oxygens (including phenoxy) is 1. The molecular weight excluding hydrogens is 154 g/mol. The second-order valence-electron chi connectivity index (χ2n) is 3.21. The Balaban J connectivity index is 2.27. The fraction of sp³-hybridized carbons (Fsp3) is 0.778. The van der Waals surface area contributed by atoms with Crippen LogP contribution in [0.1, 0.15) is 32.6 Å². The van der Waals surface area contributed by atoms with E-state index in [0.717, 1.165) is 25.7 Å². The Bertz CT molecular complexity index is 199. The van der Waals surface area contributed by atoms with Gasteiger partial charge >= 0.3 is 5.97 Å². The van der Waals surface area contributed by atoms with Crippen LogP contribution in [0, 0.1) is 17.2 Å². The SMILES string of the molecule is CC(=O)OC1CCC(C#N)CC1. The second-order valence-corrected chi connectivity index (χ2v) is 3.21. The van der Waals surface area contributed by atoms with Crippen LogP contribution in [0.3, 0.4) is 0 Å². The maximum Gasteiger partial charge on any atom is 0.302 e. The summed E-state index contributed by atoms with van der Waals surface area (Å²) in [6.45, 7) is 1.43. The monoisotopic (exact) mass is 167 g/mol. The van der Waals surface area contributed by atoms with Crippen LogP contribution in [-0.4, -0.2) is 12.1 Å². The van der Waals surface area contributed by atoms with E-state index in [4.69, 9.17) is 10.00 Å². The fourth-order valence-electron chi connectivity index (χ4n) is 1.54. The molecule has 66 valence electrons. The molecule has 0 aliphatic heterocycles. The van der Waals surface area contributed by atoms with Crippen molar-refractivity contribution in [3.05, 3.63) is 0 Å². The molecule has 0 aromatic heterocycles.